The van der Waals surface area contributed by atoms with Crippen molar-refractivity contribution < 1.29 is 31.5 Å². The van der Waals surface area contributed by atoms with Gasteiger partial charge < -0.3 is 10.1 Å². The summed E-state index contributed by atoms with van der Waals surface area (Å²) in [5.74, 6) is -3.49. The third kappa shape index (κ3) is 4.37. The normalized spacial score (nSPS) is 21.0. The Bertz CT molecular complexity index is 526. The van der Waals surface area contributed by atoms with Crippen molar-refractivity contribution in [1.82, 2.24) is 5.32 Å². The maximum Gasteiger partial charge on any atom is 0.446 e. The molecule has 0 radical (unpaired) electrons. The second kappa shape index (κ2) is 6.27. The van der Waals surface area contributed by atoms with E-state index in [9.17, 15) is 26.7 Å². The number of alkyl halides is 5. The molecule has 21 heavy (non-hydrogen) atoms. The van der Waals surface area contributed by atoms with Gasteiger partial charge in [-0.25, -0.2) is 13.6 Å². The Hall–Kier alpha value is -1.22. The average molecular weight is 350 g/mol. The van der Waals surface area contributed by atoms with Gasteiger partial charge in [-0.2, -0.15) is 13.2 Å². The summed E-state index contributed by atoms with van der Waals surface area (Å²) in [5.41, 5.74) is -4.91. The molecule has 10 heteroatoms. The highest BCUT2D eigenvalue weighted by atomic mass is 35.5. The lowest BCUT2D eigenvalue weighted by Crippen LogP contribution is -2.49. The molecule has 0 aromatic heterocycles. The number of rotatable bonds is 2. The Balaban J connectivity index is 0.00000220. The standard InChI is InChI=1S/C11H8F5NO2S.ClH/c12-10(13)5-19-9(18)17-8(10)6-3-1-2-4-7(6)20-11(14,15)16;/h1-4,8H,5H2,(H,17,18);1H/t8-;/m1./s1. The SMILES string of the molecule is Cl.O=C1N[C@H](c2ccccc2SC(F)(F)F)C(F)(F)CO1. The van der Waals surface area contributed by atoms with Crippen LogP contribution in [-0.4, -0.2) is 24.1 Å². The Morgan fingerprint density at radius 3 is 2.52 bits per heavy atom. The van der Waals surface area contributed by atoms with Crippen molar-refractivity contribution in [2.75, 3.05) is 6.61 Å². The number of hydrogen-bond acceptors (Lipinski definition) is 3. The predicted octanol–water partition coefficient (Wildman–Crippen LogP) is 4.14. The zero-order valence-corrected chi connectivity index (χ0v) is 11.7. The zero-order valence-electron chi connectivity index (χ0n) is 10.1. The molecule has 1 atom stereocenters. The minimum absolute atomic E-state index is 0. The topological polar surface area (TPSA) is 38.3 Å². The predicted molar refractivity (Wildman–Crippen MR) is 67.8 cm³/mol. The van der Waals surface area contributed by atoms with Gasteiger partial charge in [0.2, 0.25) is 0 Å². The van der Waals surface area contributed by atoms with Gasteiger partial charge in [0.05, 0.1) is 0 Å². The van der Waals surface area contributed by atoms with Gasteiger partial charge in [-0.1, -0.05) is 18.2 Å². The molecule has 0 saturated carbocycles. The molecule has 0 aliphatic carbocycles. The molecule has 3 nitrogen and oxygen atoms in total. The van der Waals surface area contributed by atoms with Crippen LogP contribution in [0.15, 0.2) is 29.2 Å². The van der Waals surface area contributed by atoms with E-state index in [2.05, 4.69) is 4.74 Å². The second-order valence-corrected chi connectivity index (χ2v) is 5.11. The van der Waals surface area contributed by atoms with Crippen molar-refractivity contribution >= 4 is 30.3 Å². The van der Waals surface area contributed by atoms with E-state index in [0.29, 0.717) is 0 Å². The molecule has 1 N–H and O–H groups in total. The maximum atomic E-state index is 13.7. The summed E-state index contributed by atoms with van der Waals surface area (Å²) in [6.45, 7) is -1.17. The minimum Gasteiger partial charge on any atom is -0.443 e. The van der Waals surface area contributed by atoms with E-state index in [0.717, 1.165) is 12.1 Å². The fraction of sp³-hybridized carbons (Fsp3) is 0.364. The number of hydrogen-bond donors (Lipinski definition) is 1. The van der Waals surface area contributed by atoms with E-state index >= 15 is 0 Å². The molecular formula is C11H9ClF5NO2S. The van der Waals surface area contributed by atoms with Crippen LogP contribution in [0.3, 0.4) is 0 Å². The number of benzene rings is 1. The fourth-order valence-electron chi connectivity index (χ4n) is 1.75. The molecule has 1 aromatic carbocycles. The van der Waals surface area contributed by atoms with E-state index in [1.165, 1.54) is 12.1 Å². The number of amides is 1. The van der Waals surface area contributed by atoms with Crippen LogP contribution in [-0.2, 0) is 4.74 Å². The lowest BCUT2D eigenvalue weighted by Gasteiger charge is -2.32. The number of nitrogens with one attached hydrogen (secondary N) is 1. The number of halogens is 6. The second-order valence-electron chi connectivity index (χ2n) is 4.00. The molecular weight excluding hydrogens is 341 g/mol. The summed E-state index contributed by atoms with van der Waals surface area (Å²) in [6.07, 6.45) is -1.09. The molecule has 2 rings (SSSR count). The van der Waals surface area contributed by atoms with Crippen molar-refractivity contribution in [2.45, 2.75) is 22.4 Å². The van der Waals surface area contributed by atoms with Crippen LogP contribution in [0.2, 0.25) is 0 Å². The monoisotopic (exact) mass is 349 g/mol. The van der Waals surface area contributed by atoms with Crippen molar-refractivity contribution in [3.05, 3.63) is 29.8 Å². The van der Waals surface area contributed by atoms with Crippen molar-refractivity contribution in [2.24, 2.45) is 0 Å². The number of cyclic esters (lactones) is 1. The van der Waals surface area contributed by atoms with E-state index in [4.69, 9.17) is 0 Å². The van der Waals surface area contributed by atoms with Gasteiger partial charge in [0.15, 0.2) is 6.61 Å². The summed E-state index contributed by atoms with van der Waals surface area (Å²) in [7, 11) is 0. The van der Waals surface area contributed by atoms with Crippen LogP contribution >= 0.6 is 24.2 Å². The van der Waals surface area contributed by atoms with Gasteiger partial charge in [0, 0.05) is 4.90 Å². The van der Waals surface area contributed by atoms with E-state index < -0.39 is 41.9 Å². The highest BCUT2D eigenvalue weighted by Gasteiger charge is 2.48. The quantitative estimate of drug-likeness (QED) is 0.644. The lowest BCUT2D eigenvalue weighted by molar-refractivity contribution is -0.104. The summed E-state index contributed by atoms with van der Waals surface area (Å²) in [6, 6.07) is 2.98. The van der Waals surface area contributed by atoms with Gasteiger partial charge in [0.25, 0.3) is 0 Å². The molecule has 1 heterocycles. The molecule has 1 aliphatic rings. The van der Waals surface area contributed by atoms with E-state index in [1.807, 2.05) is 5.32 Å². The van der Waals surface area contributed by atoms with Crippen LogP contribution in [0.1, 0.15) is 11.6 Å². The van der Waals surface area contributed by atoms with Crippen molar-refractivity contribution in [3.8, 4) is 0 Å². The largest absolute Gasteiger partial charge is 0.446 e. The number of thioether (sulfide) groups is 1. The third-order valence-corrected chi connectivity index (χ3v) is 3.36. The molecule has 1 fully saturated rings. The van der Waals surface area contributed by atoms with Crippen LogP contribution < -0.4 is 5.32 Å². The first-order chi connectivity index (χ1) is 9.19. The first kappa shape index (κ1) is 17.8. The number of ether oxygens (including phenoxy) is 1. The Morgan fingerprint density at radius 1 is 1.29 bits per heavy atom. The molecule has 118 valence electrons. The summed E-state index contributed by atoms with van der Waals surface area (Å²) in [5, 5.41) is 1.86. The first-order valence-electron chi connectivity index (χ1n) is 5.35. The maximum absolute atomic E-state index is 13.7. The molecule has 1 saturated heterocycles. The van der Waals surface area contributed by atoms with Crippen LogP contribution in [0.4, 0.5) is 26.7 Å². The van der Waals surface area contributed by atoms with Crippen LogP contribution in [0.5, 0.6) is 0 Å². The average Bonchev–Trinajstić information content (AvgIpc) is 2.31. The van der Waals surface area contributed by atoms with Crippen LogP contribution in [0, 0.1) is 0 Å². The summed E-state index contributed by atoms with van der Waals surface area (Å²) < 4.78 is 68.8. The molecule has 1 aliphatic heterocycles. The number of carbonyl (C=O) groups excluding carboxylic acids is 1. The highest BCUT2D eigenvalue weighted by molar-refractivity contribution is 8.00. The summed E-state index contributed by atoms with van der Waals surface area (Å²) >= 11 is -0.502. The van der Waals surface area contributed by atoms with E-state index in [1.54, 1.807) is 0 Å². The Kier molecular flexibility index (Phi) is 5.32. The van der Waals surface area contributed by atoms with Gasteiger partial charge >= 0.3 is 17.5 Å². The minimum atomic E-state index is -4.61. The van der Waals surface area contributed by atoms with Crippen molar-refractivity contribution in [1.29, 1.82) is 0 Å². The van der Waals surface area contributed by atoms with Gasteiger partial charge in [-0.15, -0.1) is 12.4 Å². The number of alkyl carbamates (subject to hydrolysis) is 1. The van der Waals surface area contributed by atoms with Crippen molar-refractivity contribution in [3.63, 3.8) is 0 Å². The molecule has 1 aromatic rings. The third-order valence-electron chi connectivity index (χ3n) is 2.54. The smallest absolute Gasteiger partial charge is 0.443 e. The highest BCUT2D eigenvalue weighted by Crippen LogP contribution is 2.43. The van der Waals surface area contributed by atoms with Gasteiger partial charge in [0.1, 0.15) is 6.04 Å². The fourth-order valence-corrected chi connectivity index (χ4v) is 2.45. The molecule has 0 bridgehead atoms. The molecule has 0 unspecified atom stereocenters. The first-order valence-corrected chi connectivity index (χ1v) is 6.16. The lowest BCUT2D eigenvalue weighted by atomic mass is 10.00. The summed E-state index contributed by atoms with van der Waals surface area (Å²) in [4.78, 5) is 10.7. The zero-order chi connectivity index (χ0) is 15.0. The Labute approximate surface area is 126 Å². The Morgan fingerprint density at radius 2 is 1.90 bits per heavy atom. The van der Waals surface area contributed by atoms with Gasteiger partial charge in [-0.3, -0.25) is 0 Å². The number of carbonyl (C=O) groups is 1. The molecule has 0 spiro atoms. The van der Waals surface area contributed by atoms with E-state index in [-0.39, 0.29) is 22.9 Å². The molecule has 1 amide bonds. The van der Waals surface area contributed by atoms with Gasteiger partial charge in [-0.05, 0) is 23.4 Å². The van der Waals surface area contributed by atoms with Crippen LogP contribution in [0.25, 0.3) is 0 Å².